The quantitative estimate of drug-likeness (QED) is 0.363. The van der Waals surface area contributed by atoms with Crippen molar-refractivity contribution in [3.63, 3.8) is 0 Å². The number of esters is 1. The monoisotopic (exact) mass is 166 g/mol. The van der Waals surface area contributed by atoms with Crippen molar-refractivity contribution in [3.8, 4) is 0 Å². The summed E-state index contributed by atoms with van der Waals surface area (Å²) in [7, 11) is 0. The number of carbonyl (C=O) groups excluding carboxylic acids is 1. The van der Waals surface area contributed by atoms with Crippen LogP contribution in [0.3, 0.4) is 0 Å². The standard InChI is InChI=1S/C10H14O2/c1-5-6-7-9(4)12-10(11)8(2)3/h5-7,9H,1-2H2,3-4H3/b7-6+. The van der Waals surface area contributed by atoms with Gasteiger partial charge in [-0.25, -0.2) is 4.79 Å². The lowest BCUT2D eigenvalue weighted by molar-refractivity contribution is -0.141. The van der Waals surface area contributed by atoms with E-state index in [-0.39, 0.29) is 12.1 Å². The molecule has 0 bridgehead atoms. The Balaban J connectivity index is 3.92. The van der Waals surface area contributed by atoms with Gasteiger partial charge in [0.15, 0.2) is 0 Å². The molecule has 0 saturated heterocycles. The van der Waals surface area contributed by atoms with E-state index in [1.807, 2.05) is 0 Å². The predicted octanol–water partition coefficient (Wildman–Crippen LogP) is 2.24. The first-order valence-electron chi connectivity index (χ1n) is 3.73. The molecule has 0 fully saturated rings. The number of hydrogen-bond acceptors (Lipinski definition) is 2. The summed E-state index contributed by atoms with van der Waals surface area (Å²) in [5.74, 6) is -0.365. The van der Waals surface area contributed by atoms with Crippen molar-refractivity contribution < 1.29 is 9.53 Å². The van der Waals surface area contributed by atoms with Crippen LogP contribution in [0.1, 0.15) is 13.8 Å². The third kappa shape index (κ3) is 4.50. The smallest absolute Gasteiger partial charge is 0.333 e. The Morgan fingerprint density at radius 3 is 2.58 bits per heavy atom. The maximum atomic E-state index is 10.9. The zero-order chi connectivity index (χ0) is 9.56. The first-order valence-corrected chi connectivity index (χ1v) is 3.73. The van der Waals surface area contributed by atoms with Gasteiger partial charge in [-0.1, -0.05) is 25.3 Å². The Morgan fingerprint density at radius 1 is 1.58 bits per heavy atom. The molecule has 0 aliphatic heterocycles. The fourth-order valence-corrected chi connectivity index (χ4v) is 0.544. The molecule has 0 aromatic carbocycles. The summed E-state index contributed by atoms with van der Waals surface area (Å²) in [6.07, 6.45) is 4.88. The molecule has 1 atom stereocenters. The average Bonchev–Trinajstić information content (AvgIpc) is 2.00. The maximum absolute atomic E-state index is 10.9. The summed E-state index contributed by atoms with van der Waals surface area (Å²) in [4.78, 5) is 10.9. The van der Waals surface area contributed by atoms with Crippen LogP contribution in [0.5, 0.6) is 0 Å². The van der Waals surface area contributed by atoms with Crippen LogP contribution in [0.4, 0.5) is 0 Å². The third-order valence-electron chi connectivity index (χ3n) is 1.16. The minimum Gasteiger partial charge on any atom is -0.455 e. The van der Waals surface area contributed by atoms with Crippen LogP contribution in [0, 0.1) is 0 Å². The molecule has 0 rings (SSSR count). The van der Waals surface area contributed by atoms with Gasteiger partial charge in [0.05, 0.1) is 0 Å². The van der Waals surface area contributed by atoms with E-state index in [2.05, 4.69) is 13.2 Å². The molecular formula is C10H14O2. The molecule has 0 aromatic rings. The third-order valence-corrected chi connectivity index (χ3v) is 1.16. The Bertz CT molecular complexity index is 214. The largest absolute Gasteiger partial charge is 0.455 e. The molecule has 0 spiro atoms. The highest BCUT2D eigenvalue weighted by atomic mass is 16.5. The molecule has 1 unspecified atom stereocenters. The van der Waals surface area contributed by atoms with Gasteiger partial charge in [-0.15, -0.1) is 0 Å². The van der Waals surface area contributed by atoms with Crippen LogP contribution in [0.25, 0.3) is 0 Å². The number of allylic oxidation sites excluding steroid dienone is 2. The molecule has 0 N–H and O–H groups in total. The van der Waals surface area contributed by atoms with Crippen LogP contribution in [-0.4, -0.2) is 12.1 Å². The highest BCUT2D eigenvalue weighted by molar-refractivity contribution is 5.87. The molecule has 0 heterocycles. The summed E-state index contributed by atoms with van der Waals surface area (Å²) in [6.45, 7) is 10.4. The molecule has 0 radical (unpaired) electrons. The normalized spacial score (nSPS) is 12.5. The first kappa shape index (κ1) is 10.7. The van der Waals surface area contributed by atoms with Crippen molar-refractivity contribution in [1.29, 1.82) is 0 Å². The van der Waals surface area contributed by atoms with Crippen LogP contribution in [0.15, 0.2) is 37.0 Å². The number of carbonyl (C=O) groups is 1. The van der Waals surface area contributed by atoms with Crippen LogP contribution >= 0.6 is 0 Å². The second-order valence-corrected chi connectivity index (χ2v) is 2.51. The number of rotatable bonds is 4. The predicted molar refractivity (Wildman–Crippen MR) is 49.7 cm³/mol. The van der Waals surface area contributed by atoms with Crippen LogP contribution < -0.4 is 0 Å². The van der Waals surface area contributed by atoms with Crippen molar-refractivity contribution in [3.05, 3.63) is 37.0 Å². The minimum atomic E-state index is -0.365. The summed E-state index contributed by atoms with van der Waals surface area (Å²) in [5, 5.41) is 0. The van der Waals surface area contributed by atoms with Gasteiger partial charge >= 0.3 is 5.97 Å². The summed E-state index contributed by atoms with van der Waals surface area (Å²) < 4.78 is 4.94. The van der Waals surface area contributed by atoms with Gasteiger partial charge in [-0.05, 0) is 19.9 Å². The lowest BCUT2D eigenvalue weighted by Gasteiger charge is -2.07. The topological polar surface area (TPSA) is 26.3 Å². The molecule has 0 saturated carbocycles. The Kier molecular flexibility index (Phi) is 4.77. The second kappa shape index (κ2) is 5.35. The molecule has 0 aliphatic rings. The SMILES string of the molecule is C=C/C=C/C(C)OC(=O)C(=C)C. The van der Waals surface area contributed by atoms with Crippen LogP contribution in [0.2, 0.25) is 0 Å². The van der Waals surface area contributed by atoms with Crippen molar-refractivity contribution in [2.75, 3.05) is 0 Å². The van der Waals surface area contributed by atoms with Gasteiger partial charge in [0, 0.05) is 5.57 Å². The van der Waals surface area contributed by atoms with Crippen LogP contribution in [-0.2, 0) is 9.53 Å². The summed E-state index contributed by atoms with van der Waals surface area (Å²) >= 11 is 0. The van der Waals surface area contributed by atoms with Crippen molar-refractivity contribution in [2.45, 2.75) is 20.0 Å². The fourth-order valence-electron chi connectivity index (χ4n) is 0.544. The van der Waals surface area contributed by atoms with E-state index in [4.69, 9.17) is 4.74 Å². The van der Waals surface area contributed by atoms with Gasteiger partial charge in [0.1, 0.15) is 6.10 Å². The molecule has 66 valence electrons. The summed E-state index contributed by atoms with van der Waals surface area (Å²) in [5.41, 5.74) is 0.411. The van der Waals surface area contributed by atoms with Gasteiger partial charge in [-0.3, -0.25) is 0 Å². The van der Waals surface area contributed by atoms with Crippen molar-refractivity contribution >= 4 is 5.97 Å². The molecular weight excluding hydrogens is 152 g/mol. The Hall–Kier alpha value is -1.31. The van der Waals surface area contributed by atoms with Gasteiger partial charge in [0.2, 0.25) is 0 Å². The Morgan fingerprint density at radius 2 is 2.17 bits per heavy atom. The molecule has 0 amide bonds. The van der Waals surface area contributed by atoms with E-state index in [9.17, 15) is 4.79 Å². The zero-order valence-electron chi connectivity index (χ0n) is 7.54. The van der Waals surface area contributed by atoms with Gasteiger partial charge in [0.25, 0.3) is 0 Å². The summed E-state index contributed by atoms with van der Waals surface area (Å²) in [6, 6.07) is 0. The van der Waals surface area contributed by atoms with E-state index >= 15 is 0 Å². The van der Waals surface area contributed by atoms with E-state index in [0.29, 0.717) is 5.57 Å². The Labute approximate surface area is 73.2 Å². The van der Waals surface area contributed by atoms with E-state index in [0.717, 1.165) is 0 Å². The average molecular weight is 166 g/mol. The number of ether oxygens (including phenoxy) is 1. The zero-order valence-corrected chi connectivity index (χ0v) is 7.54. The highest BCUT2D eigenvalue weighted by Gasteiger charge is 2.05. The highest BCUT2D eigenvalue weighted by Crippen LogP contribution is 1.99. The van der Waals surface area contributed by atoms with Crippen molar-refractivity contribution in [2.24, 2.45) is 0 Å². The molecule has 0 aliphatic carbocycles. The number of hydrogen-bond donors (Lipinski definition) is 0. The van der Waals surface area contributed by atoms with E-state index < -0.39 is 0 Å². The molecule has 2 nitrogen and oxygen atoms in total. The van der Waals surface area contributed by atoms with Gasteiger partial charge in [-0.2, -0.15) is 0 Å². The van der Waals surface area contributed by atoms with E-state index in [1.54, 1.807) is 32.1 Å². The van der Waals surface area contributed by atoms with E-state index in [1.165, 1.54) is 0 Å². The molecule has 2 heteroatoms. The van der Waals surface area contributed by atoms with Gasteiger partial charge < -0.3 is 4.74 Å². The molecule has 0 aromatic heterocycles. The lowest BCUT2D eigenvalue weighted by Crippen LogP contribution is -2.12. The lowest BCUT2D eigenvalue weighted by atomic mass is 10.3. The maximum Gasteiger partial charge on any atom is 0.333 e. The fraction of sp³-hybridized carbons (Fsp3) is 0.300. The first-order chi connectivity index (χ1) is 5.57. The van der Waals surface area contributed by atoms with Crippen molar-refractivity contribution in [1.82, 2.24) is 0 Å². The minimum absolute atomic E-state index is 0.229. The molecule has 12 heavy (non-hydrogen) atoms. The second-order valence-electron chi connectivity index (χ2n) is 2.51.